The van der Waals surface area contributed by atoms with Gasteiger partial charge < -0.3 is 19.5 Å². The molecule has 1 saturated heterocycles. The average molecular weight is 437 g/mol. The van der Waals surface area contributed by atoms with Gasteiger partial charge in [0.25, 0.3) is 0 Å². The molecule has 0 bridgehead atoms. The van der Waals surface area contributed by atoms with Gasteiger partial charge in [-0.15, -0.1) is 0 Å². The smallest absolute Gasteiger partial charge is 0.416 e. The maximum atomic E-state index is 12.7. The number of carbonyl (C=O) groups is 2. The van der Waals surface area contributed by atoms with E-state index in [1.807, 2.05) is 0 Å². The normalized spacial score (nSPS) is 18.8. The maximum absolute atomic E-state index is 12.7. The number of halogens is 3. The Morgan fingerprint density at radius 3 is 2.16 bits per heavy atom. The highest BCUT2D eigenvalue weighted by molar-refractivity contribution is 5.85. The number of hydrogen-bond donors (Lipinski definition) is 1. The first kappa shape index (κ1) is 22.6. The fourth-order valence-corrected chi connectivity index (χ4v) is 3.59. The molecule has 0 saturated carbocycles. The minimum atomic E-state index is -4.41. The van der Waals surface area contributed by atoms with Crippen LogP contribution >= 0.6 is 0 Å². The third-order valence-corrected chi connectivity index (χ3v) is 5.09. The number of methoxy groups -OCH3 is 1. The molecule has 0 radical (unpaired) electrons. The number of likely N-dealkylation sites (tertiary alicyclic amines) is 1. The molecule has 1 heterocycles. The Morgan fingerprint density at radius 2 is 1.65 bits per heavy atom. The molecule has 31 heavy (non-hydrogen) atoms. The van der Waals surface area contributed by atoms with E-state index < -0.39 is 23.8 Å². The molecule has 2 atom stereocenters. The molecule has 1 fully saturated rings. The zero-order valence-corrected chi connectivity index (χ0v) is 16.8. The molecule has 166 valence electrons. The fourth-order valence-electron chi connectivity index (χ4n) is 3.59. The molecular weight excluding hydrogens is 415 g/mol. The van der Waals surface area contributed by atoms with E-state index in [1.54, 1.807) is 24.3 Å². The second-order valence-corrected chi connectivity index (χ2v) is 7.40. The molecule has 3 rings (SSSR count). The van der Waals surface area contributed by atoms with E-state index in [1.165, 1.54) is 24.1 Å². The third-order valence-electron chi connectivity index (χ3n) is 5.09. The highest BCUT2D eigenvalue weighted by atomic mass is 19.4. The lowest BCUT2D eigenvalue weighted by atomic mass is 10.1. The molecule has 9 heteroatoms. The van der Waals surface area contributed by atoms with Gasteiger partial charge >= 0.3 is 12.1 Å². The van der Waals surface area contributed by atoms with Crippen molar-refractivity contribution in [2.24, 2.45) is 5.92 Å². The number of benzene rings is 2. The van der Waals surface area contributed by atoms with E-state index in [0.29, 0.717) is 30.9 Å². The van der Waals surface area contributed by atoms with Crippen LogP contribution in [0.15, 0.2) is 48.5 Å². The summed E-state index contributed by atoms with van der Waals surface area (Å²) in [6.07, 6.45) is -4.02. The van der Waals surface area contributed by atoms with Crippen LogP contribution in [0.5, 0.6) is 11.5 Å². The molecule has 6 nitrogen and oxygen atoms in total. The number of hydrogen-bond acceptors (Lipinski definition) is 4. The number of ether oxygens (including phenoxy) is 2. The molecule has 1 aliphatic heterocycles. The number of rotatable bonds is 7. The topological polar surface area (TPSA) is 76.1 Å². The van der Waals surface area contributed by atoms with Crippen LogP contribution in [0.3, 0.4) is 0 Å². The summed E-state index contributed by atoms with van der Waals surface area (Å²) in [5.41, 5.74) is -0.0906. The molecule has 0 aromatic heterocycles. The molecular formula is C22H22F3NO5. The lowest BCUT2D eigenvalue weighted by molar-refractivity contribution is -0.148. The Balaban J connectivity index is 1.61. The monoisotopic (exact) mass is 437 g/mol. The summed E-state index contributed by atoms with van der Waals surface area (Å²) in [6.45, 7) is 0.725. The van der Waals surface area contributed by atoms with Gasteiger partial charge in [0.1, 0.15) is 17.5 Å². The zero-order valence-electron chi connectivity index (χ0n) is 16.8. The predicted octanol–water partition coefficient (Wildman–Crippen LogP) is 3.99. The lowest BCUT2D eigenvalue weighted by Crippen LogP contribution is -2.41. The summed E-state index contributed by atoms with van der Waals surface area (Å²) in [7, 11) is 1.54. The van der Waals surface area contributed by atoms with E-state index in [4.69, 9.17) is 9.47 Å². The van der Waals surface area contributed by atoms with Crippen LogP contribution in [0.1, 0.15) is 17.5 Å². The van der Waals surface area contributed by atoms with Gasteiger partial charge in [0.05, 0.1) is 18.6 Å². The SMILES string of the molecule is COCC1CC(C(=O)O)N(C(=O)Cc2ccc(Oc3ccc(C(F)(F)F)cc3)cc2)C1. The van der Waals surface area contributed by atoms with Crippen LogP contribution in [-0.2, 0) is 26.9 Å². The van der Waals surface area contributed by atoms with E-state index in [2.05, 4.69) is 0 Å². The van der Waals surface area contributed by atoms with Gasteiger partial charge in [-0.1, -0.05) is 12.1 Å². The molecule has 0 aliphatic carbocycles. The first-order chi connectivity index (χ1) is 14.7. The highest BCUT2D eigenvalue weighted by Gasteiger charge is 2.39. The minimum absolute atomic E-state index is 0.0189. The Kier molecular flexibility index (Phi) is 6.84. The first-order valence-corrected chi connectivity index (χ1v) is 9.62. The summed E-state index contributed by atoms with van der Waals surface area (Å²) in [5.74, 6) is -0.688. The number of aliphatic carboxylic acids is 1. The molecule has 1 aliphatic rings. The van der Waals surface area contributed by atoms with Crippen molar-refractivity contribution in [2.75, 3.05) is 20.3 Å². The van der Waals surface area contributed by atoms with E-state index in [9.17, 15) is 27.9 Å². The molecule has 2 aromatic carbocycles. The Hall–Kier alpha value is -3.07. The van der Waals surface area contributed by atoms with Gasteiger partial charge in [-0.2, -0.15) is 13.2 Å². The number of amides is 1. The van der Waals surface area contributed by atoms with Crippen LogP contribution in [0.4, 0.5) is 13.2 Å². The number of nitrogens with zero attached hydrogens (tertiary/aromatic N) is 1. The second-order valence-electron chi connectivity index (χ2n) is 7.40. The van der Waals surface area contributed by atoms with Crippen LogP contribution in [-0.4, -0.2) is 48.2 Å². The van der Waals surface area contributed by atoms with Gasteiger partial charge in [0.2, 0.25) is 5.91 Å². The van der Waals surface area contributed by atoms with Gasteiger partial charge in [-0.05, 0) is 48.4 Å². The summed E-state index contributed by atoms with van der Waals surface area (Å²) < 4.78 is 48.5. The second kappa shape index (κ2) is 9.38. The fraction of sp³-hybridized carbons (Fsp3) is 0.364. The summed E-state index contributed by atoms with van der Waals surface area (Å²) >= 11 is 0. The van der Waals surface area contributed by atoms with E-state index >= 15 is 0 Å². The largest absolute Gasteiger partial charge is 0.480 e. The van der Waals surface area contributed by atoms with Crippen LogP contribution < -0.4 is 4.74 Å². The molecule has 2 aromatic rings. The van der Waals surface area contributed by atoms with Crippen molar-refractivity contribution in [3.63, 3.8) is 0 Å². The van der Waals surface area contributed by atoms with Crippen LogP contribution in [0, 0.1) is 5.92 Å². The molecule has 1 amide bonds. The molecule has 0 spiro atoms. The lowest BCUT2D eigenvalue weighted by Gasteiger charge is -2.21. The van der Waals surface area contributed by atoms with Crippen molar-refractivity contribution >= 4 is 11.9 Å². The molecule has 2 unspecified atom stereocenters. The van der Waals surface area contributed by atoms with Gasteiger partial charge in [-0.25, -0.2) is 4.79 Å². The van der Waals surface area contributed by atoms with Crippen molar-refractivity contribution in [1.29, 1.82) is 0 Å². The van der Waals surface area contributed by atoms with Gasteiger partial charge in [0.15, 0.2) is 0 Å². The number of carboxylic acid groups (broad SMARTS) is 1. The van der Waals surface area contributed by atoms with Crippen molar-refractivity contribution in [3.8, 4) is 11.5 Å². The quantitative estimate of drug-likeness (QED) is 0.709. The number of alkyl halides is 3. The Labute approximate surface area is 177 Å². The van der Waals surface area contributed by atoms with Crippen LogP contribution in [0.2, 0.25) is 0 Å². The Morgan fingerprint density at radius 1 is 1.06 bits per heavy atom. The summed E-state index contributed by atoms with van der Waals surface area (Å²) in [5, 5.41) is 9.41. The number of carboxylic acids is 1. The van der Waals surface area contributed by atoms with Crippen LogP contribution in [0.25, 0.3) is 0 Å². The van der Waals surface area contributed by atoms with Gasteiger partial charge in [0, 0.05) is 19.6 Å². The minimum Gasteiger partial charge on any atom is -0.480 e. The van der Waals surface area contributed by atoms with E-state index in [0.717, 1.165) is 12.1 Å². The third kappa shape index (κ3) is 5.75. The average Bonchev–Trinajstić information content (AvgIpc) is 3.14. The van der Waals surface area contributed by atoms with Crippen molar-refractivity contribution in [1.82, 2.24) is 4.90 Å². The van der Waals surface area contributed by atoms with Crippen molar-refractivity contribution < 1.29 is 37.3 Å². The van der Waals surface area contributed by atoms with Crippen molar-refractivity contribution in [2.45, 2.75) is 25.1 Å². The standard InChI is InChI=1S/C22H22F3NO5/c1-30-13-15-10-19(21(28)29)26(12-15)20(27)11-14-2-6-17(7-3-14)31-18-8-4-16(5-9-18)22(23,24)25/h2-9,15,19H,10-13H2,1H3,(H,28,29). The van der Waals surface area contributed by atoms with E-state index in [-0.39, 0.29) is 24.0 Å². The van der Waals surface area contributed by atoms with Crippen molar-refractivity contribution in [3.05, 3.63) is 59.7 Å². The summed E-state index contributed by atoms with van der Waals surface area (Å²) in [4.78, 5) is 25.5. The summed E-state index contributed by atoms with van der Waals surface area (Å²) in [6, 6.07) is 10.0. The maximum Gasteiger partial charge on any atom is 0.416 e. The number of carbonyl (C=O) groups excluding carboxylic acids is 1. The zero-order chi connectivity index (χ0) is 22.6. The molecule has 1 N–H and O–H groups in total. The highest BCUT2D eigenvalue weighted by Crippen LogP contribution is 2.31. The van der Waals surface area contributed by atoms with Gasteiger partial charge in [-0.3, -0.25) is 4.79 Å². The first-order valence-electron chi connectivity index (χ1n) is 9.62. The Bertz CT molecular complexity index is 912. The predicted molar refractivity (Wildman–Crippen MR) is 105 cm³/mol.